The van der Waals surface area contributed by atoms with E-state index in [1.807, 2.05) is 0 Å². The van der Waals surface area contributed by atoms with E-state index in [0.29, 0.717) is 17.1 Å². The van der Waals surface area contributed by atoms with Gasteiger partial charge in [-0.05, 0) is 64.2 Å². The van der Waals surface area contributed by atoms with Gasteiger partial charge in [0.2, 0.25) is 11.4 Å². The standard InChI is InChI=1S/C57H33N5/c1-58-53-52(51-43-27-5-3-19-35(43)36-20-4-6-28-44(36)51)55(60-45-29-13-7-21-37(45)38-22-8-14-30-46(38)60)57(62-49-33-17-11-25-41(49)42-26-12-18-34-50(42)62)54(59-2)56(53)61-47-31-15-9-23-39(47)40-24-10-16-32-48(40)61/h3-34,51H. The maximum atomic E-state index is 9.50. The molecule has 1 aliphatic rings. The normalized spacial score (nSPS) is 12.4. The average molecular weight is 788 g/mol. The monoisotopic (exact) mass is 787 g/mol. The molecule has 13 rings (SSSR count). The summed E-state index contributed by atoms with van der Waals surface area (Å²) < 4.78 is 6.88. The molecule has 5 heteroatoms. The number of hydrogen-bond donors (Lipinski definition) is 0. The predicted molar refractivity (Wildman–Crippen MR) is 255 cm³/mol. The fraction of sp³-hybridized carbons (Fsp3) is 0.0175. The van der Waals surface area contributed by atoms with Crippen LogP contribution in [0.5, 0.6) is 0 Å². The van der Waals surface area contributed by atoms with Gasteiger partial charge < -0.3 is 13.7 Å². The minimum absolute atomic E-state index is 0.347. The van der Waals surface area contributed by atoms with Gasteiger partial charge in [-0.2, -0.15) is 0 Å². The van der Waals surface area contributed by atoms with Gasteiger partial charge in [0.05, 0.1) is 63.3 Å². The number of nitrogens with zero attached hydrogens (tertiary/aromatic N) is 5. The Labute approximate surface area is 356 Å². The third-order valence-electron chi connectivity index (χ3n) is 13.2. The van der Waals surface area contributed by atoms with Gasteiger partial charge in [0.15, 0.2) is 0 Å². The molecule has 0 aliphatic heterocycles. The van der Waals surface area contributed by atoms with E-state index in [1.54, 1.807) is 0 Å². The second-order valence-corrected chi connectivity index (χ2v) is 16.1. The molecule has 1 aliphatic carbocycles. The zero-order valence-corrected chi connectivity index (χ0v) is 33.3. The zero-order valence-electron chi connectivity index (χ0n) is 33.3. The molecule has 12 aromatic rings. The molecule has 0 saturated carbocycles. The van der Waals surface area contributed by atoms with Crippen LogP contribution in [0.25, 0.3) is 103 Å². The summed E-state index contributed by atoms with van der Waals surface area (Å²) in [5, 5.41) is 6.54. The molecule has 5 nitrogen and oxygen atoms in total. The van der Waals surface area contributed by atoms with Gasteiger partial charge in [-0.25, -0.2) is 9.69 Å². The number of para-hydroxylation sites is 6. The van der Waals surface area contributed by atoms with Crippen molar-refractivity contribution in [3.05, 3.63) is 234 Å². The molecular formula is C57H33N5. The Bertz CT molecular complexity index is 3770. The van der Waals surface area contributed by atoms with E-state index in [-0.39, 0.29) is 5.92 Å². The lowest BCUT2D eigenvalue weighted by atomic mass is 9.85. The molecule has 286 valence electrons. The number of aromatic nitrogens is 3. The van der Waals surface area contributed by atoms with Crippen LogP contribution in [0, 0.1) is 13.1 Å². The maximum absolute atomic E-state index is 9.50. The summed E-state index contributed by atoms with van der Waals surface area (Å²) in [6, 6.07) is 68.3. The van der Waals surface area contributed by atoms with Crippen LogP contribution in [0.15, 0.2) is 194 Å². The Hall–Kier alpha value is -8.64. The molecule has 0 bridgehead atoms. The molecule has 0 atom stereocenters. The highest BCUT2D eigenvalue weighted by atomic mass is 15.1. The molecule has 9 aromatic carbocycles. The first-order valence-corrected chi connectivity index (χ1v) is 20.9. The van der Waals surface area contributed by atoms with Crippen LogP contribution in [0.3, 0.4) is 0 Å². The lowest BCUT2D eigenvalue weighted by Gasteiger charge is -2.29. The van der Waals surface area contributed by atoms with E-state index in [1.165, 1.54) is 0 Å². The maximum Gasteiger partial charge on any atom is 0.225 e. The first kappa shape index (κ1) is 34.2. The van der Waals surface area contributed by atoms with Gasteiger partial charge >= 0.3 is 0 Å². The number of fused-ring (bicyclic) bond motifs is 12. The summed E-state index contributed by atoms with van der Waals surface area (Å²) in [5.74, 6) is -0.347. The highest BCUT2D eigenvalue weighted by molar-refractivity contribution is 6.15. The van der Waals surface area contributed by atoms with Gasteiger partial charge in [-0.15, -0.1) is 0 Å². The quantitative estimate of drug-likeness (QED) is 0.159. The van der Waals surface area contributed by atoms with Crippen LogP contribution in [-0.4, -0.2) is 13.7 Å². The van der Waals surface area contributed by atoms with Crippen LogP contribution in [0.1, 0.15) is 22.6 Å². The first-order chi connectivity index (χ1) is 30.8. The van der Waals surface area contributed by atoms with Crippen molar-refractivity contribution in [2.75, 3.05) is 0 Å². The third-order valence-corrected chi connectivity index (χ3v) is 13.2. The molecule has 3 heterocycles. The summed E-state index contributed by atoms with van der Waals surface area (Å²) in [6.45, 7) is 19.0. The van der Waals surface area contributed by atoms with E-state index in [2.05, 4.69) is 218 Å². The number of benzene rings is 9. The summed E-state index contributed by atoms with van der Waals surface area (Å²) in [6.07, 6.45) is 0. The smallest absolute Gasteiger partial charge is 0.225 e. The Balaban J connectivity index is 1.37. The SMILES string of the molecule is [C-]#[N+]c1c(C2c3ccccc3-c3ccccc32)c(-n2c3ccccc3c3ccccc32)c(-n2c3ccccc3c3ccccc32)c([N+]#[C-])c1-n1c2ccccc2c2ccccc21. The molecule has 62 heavy (non-hydrogen) atoms. The molecule has 0 spiro atoms. The van der Waals surface area contributed by atoms with Crippen LogP contribution >= 0.6 is 0 Å². The minimum atomic E-state index is -0.347. The number of rotatable bonds is 4. The minimum Gasteiger partial charge on any atom is -0.329 e. The van der Waals surface area contributed by atoms with Gasteiger partial charge in [-0.3, -0.25) is 0 Å². The van der Waals surface area contributed by atoms with E-state index < -0.39 is 0 Å². The summed E-state index contributed by atoms with van der Waals surface area (Å²) in [7, 11) is 0. The van der Waals surface area contributed by atoms with E-state index in [9.17, 15) is 13.1 Å². The van der Waals surface area contributed by atoms with Crippen molar-refractivity contribution in [3.8, 4) is 28.2 Å². The third kappa shape index (κ3) is 4.44. The van der Waals surface area contributed by atoms with Crippen LogP contribution in [0.4, 0.5) is 11.4 Å². The van der Waals surface area contributed by atoms with E-state index in [4.69, 9.17) is 0 Å². The Morgan fingerprint density at radius 3 is 0.952 bits per heavy atom. The largest absolute Gasteiger partial charge is 0.329 e. The summed E-state index contributed by atoms with van der Waals surface area (Å²) >= 11 is 0. The lowest BCUT2D eigenvalue weighted by molar-refractivity contribution is 0.969. The lowest BCUT2D eigenvalue weighted by Crippen LogP contribution is -2.14. The Kier molecular flexibility index (Phi) is 7.14. The van der Waals surface area contributed by atoms with Crippen molar-refractivity contribution in [1.29, 1.82) is 0 Å². The topological polar surface area (TPSA) is 23.5 Å². The molecule has 0 saturated heterocycles. The van der Waals surface area contributed by atoms with Crippen LogP contribution in [0.2, 0.25) is 0 Å². The highest BCUT2D eigenvalue weighted by Crippen LogP contribution is 2.58. The Morgan fingerprint density at radius 2 is 0.597 bits per heavy atom. The van der Waals surface area contributed by atoms with Gasteiger partial charge in [-0.1, -0.05) is 158 Å². The van der Waals surface area contributed by atoms with Crippen LogP contribution in [-0.2, 0) is 0 Å². The Morgan fingerprint density at radius 1 is 0.306 bits per heavy atom. The van der Waals surface area contributed by atoms with Crippen molar-refractivity contribution in [1.82, 2.24) is 13.7 Å². The van der Waals surface area contributed by atoms with Crippen molar-refractivity contribution in [2.24, 2.45) is 0 Å². The second-order valence-electron chi connectivity index (χ2n) is 16.1. The van der Waals surface area contributed by atoms with Crippen LogP contribution < -0.4 is 0 Å². The second kappa shape index (κ2) is 12.9. The fourth-order valence-corrected chi connectivity index (χ4v) is 10.8. The number of hydrogen-bond acceptors (Lipinski definition) is 0. The van der Waals surface area contributed by atoms with Gasteiger partial charge in [0.1, 0.15) is 0 Å². The highest BCUT2D eigenvalue weighted by Gasteiger charge is 2.39. The molecule has 0 radical (unpaired) electrons. The van der Waals surface area contributed by atoms with Crippen molar-refractivity contribution in [2.45, 2.75) is 5.92 Å². The van der Waals surface area contributed by atoms with E-state index in [0.717, 1.165) is 105 Å². The van der Waals surface area contributed by atoms with Crippen molar-refractivity contribution in [3.63, 3.8) is 0 Å². The van der Waals surface area contributed by atoms with Crippen molar-refractivity contribution >= 4 is 76.8 Å². The van der Waals surface area contributed by atoms with E-state index >= 15 is 0 Å². The zero-order chi connectivity index (χ0) is 41.1. The molecular weight excluding hydrogens is 755 g/mol. The van der Waals surface area contributed by atoms with Crippen molar-refractivity contribution < 1.29 is 0 Å². The summed E-state index contributed by atoms with van der Waals surface area (Å²) in [5.41, 5.74) is 14.4. The first-order valence-electron chi connectivity index (χ1n) is 20.9. The van der Waals surface area contributed by atoms with Gasteiger partial charge in [0, 0.05) is 38.2 Å². The molecule has 0 N–H and O–H groups in total. The molecule has 0 unspecified atom stereocenters. The predicted octanol–water partition coefficient (Wildman–Crippen LogP) is 15.2. The molecule has 0 amide bonds. The molecule has 3 aromatic heterocycles. The summed E-state index contributed by atoms with van der Waals surface area (Å²) in [4.78, 5) is 9.34. The fourth-order valence-electron chi connectivity index (χ4n) is 10.8. The molecule has 0 fully saturated rings. The van der Waals surface area contributed by atoms with Gasteiger partial charge in [0.25, 0.3) is 0 Å². The average Bonchev–Trinajstić information content (AvgIpc) is 4.06.